The lowest BCUT2D eigenvalue weighted by Gasteiger charge is -2.04. The molecule has 0 aliphatic rings. The van der Waals surface area contributed by atoms with Gasteiger partial charge in [0, 0.05) is 5.56 Å². The molecule has 2 rings (SSSR count). The van der Waals surface area contributed by atoms with E-state index in [-0.39, 0.29) is 0 Å². The van der Waals surface area contributed by atoms with Crippen molar-refractivity contribution in [2.24, 2.45) is 5.73 Å². The van der Waals surface area contributed by atoms with Gasteiger partial charge in [-0.05, 0) is 46.7 Å². The van der Waals surface area contributed by atoms with E-state index >= 15 is 0 Å². The normalized spacial score (nSPS) is 10.0. The molecule has 2 aromatic rings. The number of hydrogen-bond acceptors (Lipinski definition) is 3. The molecule has 82 valence electrons. The molecule has 2 N–H and O–H groups in total. The standard InChI is InChI=1S/C12H11NO2S/c13-12(14)10-1-3-11(4-2-10)15-7-9-5-6-16-8-9/h1-6,8H,7H2,(H2,13,14). The van der Waals surface area contributed by atoms with Crippen LogP contribution in [0.5, 0.6) is 5.75 Å². The Balaban J connectivity index is 1.98. The van der Waals surface area contributed by atoms with Crippen LogP contribution in [0.4, 0.5) is 0 Å². The van der Waals surface area contributed by atoms with Crippen molar-refractivity contribution in [1.82, 2.24) is 0 Å². The Morgan fingerprint density at radius 3 is 2.56 bits per heavy atom. The molecule has 0 bridgehead atoms. The molecule has 1 aromatic carbocycles. The Morgan fingerprint density at radius 2 is 2.00 bits per heavy atom. The second-order valence-corrected chi connectivity index (χ2v) is 4.09. The van der Waals surface area contributed by atoms with Crippen LogP contribution < -0.4 is 10.5 Å². The molecule has 0 aliphatic carbocycles. The maximum Gasteiger partial charge on any atom is 0.248 e. The smallest absolute Gasteiger partial charge is 0.248 e. The van der Waals surface area contributed by atoms with E-state index < -0.39 is 5.91 Å². The molecule has 0 unspecified atom stereocenters. The zero-order valence-corrected chi connectivity index (χ0v) is 9.37. The van der Waals surface area contributed by atoms with Crippen LogP contribution in [0.15, 0.2) is 41.1 Å². The number of ether oxygens (including phenoxy) is 1. The van der Waals surface area contributed by atoms with Crippen LogP contribution in [0.25, 0.3) is 0 Å². The van der Waals surface area contributed by atoms with E-state index in [1.165, 1.54) is 0 Å². The maximum atomic E-state index is 10.8. The number of primary amides is 1. The molecular weight excluding hydrogens is 222 g/mol. The van der Waals surface area contributed by atoms with Gasteiger partial charge in [0.25, 0.3) is 0 Å². The van der Waals surface area contributed by atoms with Gasteiger partial charge in [-0.1, -0.05) is 0 Å². The predicted octanol–water partition coefficient (Wildman–Crippen LogP) is 2.43. The van der Waals surface area contributed by atoms with Crippen molar-refractivity contribution in [1.29, 1.82) is 0 Å². The van der Waals surface area contributed by atoms with Crippen molar-refractivity contribution < 1.29 is 9.53 Å². The minimum absolute atomic E-state index is 0.426. The topological polar surface area (TPSA) is 52.3 Å². The molecule has 1 aromatic heterocycles. The van der Waals surface area contributed by atoms with E-state index in [4.69, 9.17) is 10.5 Å². The highest BCUT2D eigenvalue weighted by Gasteiger charge is 2.00. The fourth-order valence-electron chi connectivity index (χ4n) is 1.26. The van der Waals surface area contributed by atoms with E-state index in [2.05, 4.69) is 0 Å². The number of rotatable bonds is 4. The first-order chi connectivity index (χ1) is 7.75. The van der Waals surface area contributed by atoms with Gasteiger partial charge in [0.1, 0.15) is 12.4 Å². The lowest BCUT2D eigenvalue weighted by molar-refractivity contribution is 0.100. The van der Waals surface area contributed by atoms with Crippen LogP contribution >= 0.6 is 11.3 Å². The van der Waals surface area contributed by atoms with Crippen molar-refractivity contribution in [2.45, 2.75) is 6.61 Å². The minimum atomic E-state index is -0.426. The molecule has 0 radical (unpaired) electrons. The van der Waals surface area contributed by atoms with Gasteiger partial charge in [-0.3, -0.25) is 4.79 Å². The monoisotopic (exact) mass is 233 g/mol. The Kier molecular flexibility index (Phi) is 3.22. The first kappa shape index (κ1) is 10.7. The maximum absolute atomic E-state index is 10.8. The van der Waals surface area contributed by atoms with E-state index in [9.17, 15) is 4.79 Å². The van der Waals surface area contributed by atoms with Gasteiger partial charge >= 0.3 is 0 Å². The second kappa shape index (κ2) is 4.81. The van der Waals surface area contributed by atoms with Crippen molar-refractivity contribution in [3.8, 4) is 5.75 Å². The Hall–Kier alpha value is -1.81. The number of benzene rings is 1. The Bertz CT molecular complexity index is 462. The van der Waals surface area contributed by atoms with E-state index in [0.717, 1.165) is 11.3 Å². The summed E-state index contributed by atoms with van der Waals surface area (Å²) >= 11 is 1.64. The van der Waals surface area contributed by atoms with Crippen molar-refractivity contribution >= 4 is 17.2 Å². The van der Waals surface area contributed by atoms with Gasteiger partial charge in [-0.2, -0.15) is 11.3 Å². The van der Waals surface area contributed by atoms with Gasteiger partial charge in [-0.15, -0.1) is 0 Å². The average Bonchev–Trinajstić information content (AvgIpc) is 2.80. The predicted molar refractivity (Wildman–Crippen MR) is 63.6 cm³/mol. The van der Waals surface area contributed by atoms with Crippen LogP contribution in [0.2, 0.25) is 0 Å². The highest BCUT2D eigenvalue weighted by Crippen LogP contribution is 2.15. The summed E-state index contributed by atoms with van der Waals surface area (Å²) in [5.74, 6) is 0.306. The molecule has 0 spiro atoms. The van der Waals surface area contributed by atoms with Crippen LogP contribution in [0.1, 0.15) is 15.9 Å². The van der Waals surface area contributed by atoms with Crippen molar-refractivity contribution in [3.63, 3.8) is 0 Å². The first-order valence-corrected chi connectivity index (χ1v) is 5.74. The molecule has 3 nitrogen and oxygen atoms in total. The summed E-state index contributed by atoms with van der Waals surface area (Å²) in [6.45, 7) is 0.541. The molecule has 0 saturated heterocycles. The summed E-state index contributed by atoms with van der Waals surface area (Å²) < 4.78 is 5.54. The largest absolute Gasteiger partial charge is 0.489 e. The molecule has 0 aliphatic heterocycles. The summed E-state index contributed by atoms with van der Waals surface area (Å²) in [4.78, 5) is 10.8. The average molecular weight is 233 g/mol. The number of amides is 1. The zero-order valence-electron chi connectivity index (χ0n) is 8.55. The third-order valence-electron chi connectivity index (χ3n) is 2.12. The van der Waals surface area contributed by atoms with Gasteiger partial charge in [0.05, 0.1) is 0 Å². The Morgan fingerprint density at radius 1 is 1.25 bits per heavy atom. The first-order valence-electron chi connectivity index (χ1n) is 4.79. The summed E-state index contributed by atoms with van der Waals surface area (Å²) in [6, 6.07) is 8.82. The van der Waals surface area contributed by atoms with Gasteiger partial charge in [0.15, 0.2) is 0 Å². The molecule has 1 amide bonds. The third-order valence-corrected chi connectivity index (χ3v) is 2.86. The van der Waals surface area contributed by atoms with E-state index in [0.29, 0.717) is 12.2 Å². The fraction of sp³-hybridized carbons (Fsp3) is 0.0833. The molecule has 0 atom stereocenters. The quantitative estimate of drug-likeness (QED) is 0.881. The van der Waals surface area contributed by atoms with Crippen molar-refractivity contribution in [3.05, 3.63) is 52.2 Å². The van der Waals surface area contributed by atoms with Crippen LogP contribution in [0.3, 0.4) is 0 Å². The van der Waals surface area contributed by atoms with Crippen LogP contribution in [-0.4, -0.2) is 5.91 Å². The number of carbonyl (C=O) groups excluding carboxylic acids is 1. The zero-order chi connectivity index (χ0) is 11.4. The van der Waals surface area contributed by atoms with Gasteiger partial charge in [-0.25, -0.2) is 0 Å². The SMILES string of the molecule is NC(=O)c1ccc(OCc2ccsc2)cc1. The summed E-state index contributed by atoms with van der Waals surface area (Å²) in [5, 5.41) is 4.05. The van der Waals surface area contributed by atoms with Gasteiger partial charge in [0.2, 0.25) is 5.91 Å². The lowest BCUT2D eigenvalue weighted by Crippen LogP contribution is -2.10. The number of carbonyl (C=O) groups is 1. The fourth-order valence-corrected chi connectivity index (χ4v) is 1.91. The van der Waals surface area contributed by atoms with E-state index in [1.54, 1.807) is 35.6 Å². The van der Waals surface area contributed by atoms with E-state index in [1.807, 2.05) is 16.8 Å². The molecule has 4 heteroatoms. The summed E-state index contributed by atoms with van der Waals surface area (Å²) in [6.07, 6.45) is 0. The number of hydrogen-bond donors (Lipinski definition) is 1. The van der Waals surface area contributed by atoms with Crippen LogP contribution in [-0.2, 0) is 6.61 Å². The third kappa shape index (κ3) is 2.61. The lowest BCUT2D eigenvalue weighted by atomic mass is 10.2. The summed E-state index contributed by atoms with van der Waals surface area (Å²) in [7, 11) is 0. The van der Waals surface area contributed by atoms with Crippen molar-refractivity contribution in [2.75, 3.05) is 0 Å². The minimum Gasteiger partial charge on any atom is -0.489 e. The molecule has 1 heterocycles. The summed E-state index contributed by atoms with van der Waals surface area (Å²) in [5.41, 5.74) is 6.77. The Labute approximate surface area is 97.5 Å². The number of thiophene rings is 1. The number of nitrogens with two attached hydrogens (primary N) is 1. The molecule has 0 saturated carbocycles. The second-order valence-electron chi connectivity index (χ2n) is 3.31. The highest BCUT2D eigenvalue weighted by atomic mass is 32.1. The van der Waals surface area contributed by atoms with Crippen LogP contribution in [0, 0.1) is 0 Å². The van der Waals surface area contributed by atoms with Gasteiger partial charge < -0.3 is 10.5 Å². The molecule has 0 fully saturated rings. The molecule has 16 heavy (non-hydrogen) atoms. The molecular formula is C12H11NO2S. The highest BCUT2D eigenvalue weighted by molar-refractivity contribution is 7.07.